The summed E-state index contributed by atoms with van der Waals surface area (Å²) in [6.45, 7) is 1.41. The van der Waals surface area contributed by atoms with E-state index in [1.165, 1.54) is 6.92 Å². The van der Waals surface area contributed by atoms with E-state index in [2.05, 4.69) is 0 Å². The first-order chi connectivity index (χ1) is 13.1. The Morgan fingerprint density at radius 3 is 1.64 bits per heavy atom. The van der Waals surface area contributed by atoms with Gasteiger partial charge in [-0.2, -0.15) is 13.2 Å². The smallest absolute Gasteiger partial charge is 0.224 e. The molecule has 0 saturated carbocycles. The molecular formula is C21H18F3O2S2+. The highest BCUT2D eigenvalue weighted by atomic mass is 32.2. The summed E-state index contributed by atoms with van der Waals surface area (Å²) in [6.07, 6.45) is -3.97. The number of hydrogen-bond acceptors (Lipinski definition) is 2. The first kappa shape index (κ1) is 20.5. The molecular weight excluding hydrogens is 405 g/mol. The number of rotatable bonds is 4. The van der Waals surface area contributed by atoms with Gasteiger partial charge in [0.1, 0.15) is 0 Å². The Labute approximate surface area is 165 Å². The zero-order valence-electron chi connectivity index (χ0n) is 15.2. The summed E-state index contributed by atoms with van der Waals surface area (Å²) in [5, 5.41) is 0. The van der Waals surface area contributed by atoms with Gasteiger partial charge in [0.2, 0.25) is 0 Å². The van der Waals surface area contributed by atoms with Crippen molar-refractivity contribution in [1.29, 1.82) is 0 Å². The van der Waals surface area contributed by atoms with Gasteiger partial charge in [-0.3, -0.25) is 0 Å². The molecule has 7 heteroatoms. The van der Waals surface area contributed by atoms with Crippen molar-refractivity contribution in [2.45, 2.75) is 32.7 Å². The highest BCUT2D eigenvalue weighted by Crippen LogP contribution is 2.40. The van der Waals surface area contributed by atoms with E-state index in [0.717, 1.165) is 22.1 Å². The fourth-order valence-electron chi connectivity index (χ4n) is 3.08. The van der Waals surface area contributed by atoms with E-state index in [1.807, 2.05) is 60.7 Å². The van der Waals surface area contributed by atoms with Crippen LogP contribution in [0, 0.1) is 6.92 Å². The summed E-state index contributed by atoms with van der Waals surface area (Å²) in [5.41, 5.74) is -1.02. The maximum absolute atomic E-state index is 13.7. The van der Waals surface area contributed by atoms with Crippen molar-refractivity contribution in [3.8, 4) is 0 Å². The van der Waals surface area contributed by atoms with Gasteiger partial charge in [-0.25, -0.2) is 8.42 Å². The topological polar surface area (TPSA) is 34.1 Å². The molecule has 0 radical (unpaired) electrons. The Bertz CT molecular complexity index is 1040. The quantitative estimate of drug-likeness (QED) is 0.519. The van der Waals surface area contributed by atoms with E-state index in [0.29, 0.717) is 4.90 Å². The predicted molar refractivity (Wildman–Crippen MR) is 104 cm³/mol. The minimum Gasteiger partial charge on any atom is -0.224 e. The van der Waals surface area contributed by atoms with Crippen LogP contribution in [0.1, 0.15) is 11.1 Å². The number of alkyl halides is 3. The van der Waals surface area contributed by atoms with Crippen LogP contribution < -0.4 is 0 Å². The third-order valence-corrected chi connectivity index (χ3v) is 7.60. The molecule has 0 unspecified atom stereocenters. The monoisotopic (exact) mass is 423 g/mol. The molecule has 0 N–H and O–H groups in total. The van der Waals surface area contributed by atoms with E-state index in [-0.39, 0.29) is 5.56 Å². The van der Waals surface area contributed by atoms with Crippen molar-refractivity contribution in [3.05, 3.63) is 83.9 Å². The number of aryl methyl sites for hydroxylation is 1. The van der Waals surface area contributed by atoms with Gasteiger partial charge in [-0.1, -0.05) is 36.4 Å². The lowest BCUT2D eigenvalue weighted by molar-refractivity contribution is -0.140. The lowest BCUT2D eigenvalue weighted by Crippen LogP contribution is -2.16. The molecule has 0 saturated heterocycles. The maximum atomic E-state index is 13.7. The molecule has 0 heterocycles. The lowest BCUT2D eigenvalue weighted by atomic mass is 10.1. The molecule has 3 rings (SSSR count). The van der Waals surface area contributed by atoms with Gasteiger partial charge in [0.25, 0.3) is 0 Å². The SMILES string of the molecule is Cc1cc([S+](c2ccccc2)c2ccccc2)cc(C(F)(F)F)c1S(C)(=O)=O. The first-order valence-corrected chi connectivity index (χ1v) is 11.5. The number of sulfone groups is 1. The largest absolute Gasteiger partial charge is 0.417 e. The summed E-state index contributed by atoms with van der Waals surface area (Å²) in [7, 11) is -4.84. The van der Waals surface area contributed by atoms with Gasteiger partial charge >= 0.3 is 6.18 Å². The summed E-state index contributed by atoms with van der Waals surface area (Å²) in [4.78, 5) is 1.48. The Morgan fingerprint density at radius 2 is 1.25 bits per heavy atom. The fraction of sp³-hybridized carbons (Fsp3) is 0.143. The second kappa shape index (κ2) is 7.64. The first-order valence-electron chi connectivity index (χ1n) is 8.35. The molecule has 2 nitrogen and oxygen atoms in total. The predicted octanol–water partition coefficient (Wildman–Crippen LogP) is 5.51. The van der Waals surface area contributed by atoms with Crippen LogP contribution in [0.3, 0.4) is 0 Å². The Kier molecular flexibility index (Phi) is 5.59. The molecule has 0 aliphatic carbocycles. The normalized spacial score (nSPS) is 12.4. The van der Waals surface area contributed by atoms with Crippen LogP contribution in [0.15, 0.2) is 92.4 Å². The minimum atomic E-state index is -4.78. The molecule has 0 amide bonds. The van der Waals surface area contributed by atoms with Crippen molar-refractivity contribution >= 4 is 20.7 Å². The van der Waals surface area contributed by atoms with Crippen molar-refractivity contribution in [2.75, 3.05) is 6.26 Å². The van der Waals surface area contributed by atoms with Crippen LogP contribution >= 0.6 is 0 Å². The van der Waals surface area contributed by atoms with E-state index in [4.69, 9.17) is 0 Å². The van der Waals surface area contributed by atoms with Gasteiger partial charge < -0.3 is 0 Å². The molecule has 3 aromatic rings. The third kappa shape index (κ3) is 4.25. The molecule has 0 fully saturated rings. The molecule has 0 aliphatic heterocycles. The summed E-state index contributed by atoms with van der Waals surface area (Å²) < 4.78 is 65.3. The Balaban J connectivity index is 2.32. The zero-order chi connectivity index (χ0) is 20.5. The van der Waals surface area contributed by atoms with Gasteiger partial charge in [0.05, 0.1) is 21.4 Å². The van der Waals surface area contributed by atoms with Crippen LogP contribution in [-0.2, 0) is 26.9 Å². The average molecular weight is 424 g/mol. The van der Waals surface area contributed by atoms with Gasteiger partial charge in [0, 0.05) is 12.3 Å². The van der Waals surface area contributed by atoms with Gasteiger partial charge in [-0.05, 0) is 42.8 Å². The van der Waals surface area contributed by atoms with Crippen molar-refractivity contribution in [1.82, 2.24) is 0 Å². The van der Waals surface area contributed by atoms with Crippen LogP contribution in [0.5, 0.6) is 0 Å². The van der Waals surface area contributed by atoms with Crippen LogP contribution in [0.25, 0.3) is 0 Å². The molecule has 3 aromatic carbocycles. The molecule has 0 aliphatic rings. The van der Waals surface area contributed by atoms with Gasteiger partial charge in [-0.15, -0.1) is 0 Å². The number of halogens is 3. The van der Waals surface area contributed by atoms with Crippen molar-refractivity contribution in [2.24, 2.45) is 0 Å². The van der Waals surface area contributed by atoms with Gasteiger partial charge in [0.15, 0.2) is 24.5 Å². The standard InChI is InChI=1S/C21H18F3O2S2/c1-15-13-18(14-19(21(22,23)24)20(15)28(2,25)26)27(16-9-5-3-6-10-16)17-11-7-4-8-12-17/h3-14H,1-2H3/q+1. The van der Waals surface area contributed by atoms with E-state index in [9.17, 15) is 21.6 Å². The zero-order valence-corrected chi connectivity index (χ0v) is 16.8. The highest BCUT2D eigenvalue weighted by Gasteiger charge is 2.40. The average Bonchev–Trinajstić information content (AvgIpc) is 2.61. The summed E-state index contributed by atoms with van der Waals surface area (Å²) >= 11 is 0. The number of benzene rings is 3. The Hall–Kier alpha value is -2.25. The molecule has 0 bridgehead atoms. The lowest BCUT2D eigenvalue weighted by Gasteiger charge is -2.16. The Morgan fingerprint density at radius 1 is 0.786 bits per heavy atom. The minimum absolute atomic E-state index is 0.0942. The summed E-state index contributed by atoms with van der Waals surface area (Å²) in [6, 6.07) is 21.0. The third-order valence-electron chi connectivity index (χ3n) is 4.12. The second-order valence-corrected chi connectivity index (χ2v) is 10.3. The van der Waals surface area contributed by atoms with E-state index >= 15 is 0 Å². The van der Waals surface area contributed by atoms with E-state index < -0.39 is 37.4 Å². The summed E-state index contributed by atoms with van der Waals surface area (Å²) in [5.74, 6) is 0. The van der Waals surface area contributed by atoms with Crippen LogP contribution in [0.2, 0.25) is 0 Å². The van der Waals surface area contributed by atoms with Crippen molar-refractivity contribution < 1.29 is 21.6 Å². The van der Waals surface area contributed by atoms with E-state index in [1.54, 1.807) is 6.07 Å². The molecule has 0 atom stereocenters. The van der Waals surface area contributed by atoms with Crippen molar-refractivity contribution in [3.63, 3.8) is 0 Å². The molecule has 0 aromatic heterocycles. The fourth-order valence-corrected chi connectivity index (χ4v) is 6.51. The molecule has 146 valence electrons. The van der Waals surface area contributed by atoms with Crippen LogP contribution in [-0.4, -0.2) is 14.7 Å². The second-order valence-electron chi connectivity index (χ2n) is 6.32. The number of hydrogen-bond donors (Lipinski definition) is 0. The maximum Gasteiger partial charge on any atom is 0.417 e. The molecule has 0 spiro atoms. The highest BCUT2D eigenvalue weighted by molar-refractivity contribution is 7.97. The van der Waals surface area contributed by atoms with Crippen LogP contribution in [0.4, 0.5) is 13.2 Å². The molecule has 28 heavy (non-hydrogen) atoms.